The average Bonchev–Trinajstić information content (AvgIpc) is 2.76. The second kappa shape index (κ2) is 5.78. The first-order valence-corrected chi connectivity index (χ1v) is 8.46. The van der Waals surface area contributed by atoms with Gasteiger partial charge in [0.1, 0.15) is 0 Å². The Labute approximate surface area is 120 Å². The number of thiophene rings is 1. The molecule has 0 spiro atoms. The summed E-state index contributed by atoms with van der Waals surface area (Å²) >= 11 is 1.37. The highest BCUT2D eigenvalue weighted by atomic mass is 32.2. The van der Waals surface area contributed by atoms with Gasteiger partial charge in [0.05, 0.1) is 10.6 Å². The number of hydrogen-bond acceptors (Lipinski definition) is 5. The van der Waals surface area contributed by atoms with Crippen molar-refractivity contribution in [1.82, 2.24) is 5.32 Å². The molecule has 2 rings (SSSR count). The largest absolute Gasteiger partial charge is 0.399 e. The standard InChI is InChI=1S/C12H15N3O3S2/c13-9-2-3-10-8(6-9)7-11(19-10)12(16)15-4-1-5-20(14,17)18/h2-3,6-7H,1,4-5,13H2,(H,15,16)(H2,14,17,18). The summed E-state index contributed by atoms with van der Waals surface area (Å²) in [6.45, 7) is 0.269. The summed E-state index contributed by atoms with van der Waals surface area (Å²) in [4.78, 5) is 12.5. The minimum absolute atomic E-state index is 0.143. The molecule has 20 heavy (non-hydrogen) atoms. The Morgan fingerprint density at radius 3 is 2.75 bits per heavy atom. The Kier molecular flexibility index (Phi) is 4.26. The van der Waals surface area contributed by atoms with Gasteiger partial charge in [-0.3, -0.25) is 4.79 Å². The van der Waals surface area contributed by atoms with E-state index in [0.717, 1.165) is 10.1 Å². The topological polar surface area (TPSA) is 115 Å². The maximum absolute atomic E-state index is 11.9. The lowest BCUT2D eigenvalue weighted by atomic mass is 10.2. The summed E-state index contributed by atoms with van der Waals surface area (Å²) < 4.78 is 22.5. The maximum Gasteiger partial charge on any atom is 0.261 e. The Morgan fingerprint density at radius 2 is 2.05 bits per heavy atom. The van der Waals surface area contributed by atoms with Crippen LogP contribution in [0.4, 0.5) is 5.69 Å². The molecule has 0 aliphatic carbocycles. The number of carbonyl (C=O) groups excluding carboxylic acids is 1. The molecule has 0 atom stereocenters. The number of hydrogen-bond donors (Lipinski definition) is 3. The van der Waals surface area contributed by atoms with Crippen LogP contribution >= 0.6 is 11.3 Å². The molecule has 0 aliphatic rings. The molecule has 0 aliphatic heterocycles. The first-order chi connectivity index (χ1) is 9.35. The van der Waals surface area contributed by atoms with Gasteiger partial charge in [0, 0.05) is 16.9 Å². The number of anilines is 1. The minimum atomic E-state index is -3.47. The van der Waals surface area contributed by atoms with E-state index in [1.807, 2.05) is 12.1 Å². The van der Waals surface area contributed by atoms with Crippen LogP contribution in [0.25, 0.3) is 10.1 Å². The first kappa shape index (κ1) is 14.8. The van der Waals surface area contributed by atoms with Crippen LogP contribution in [0, 0.1) is 0 Å². The van der Waals surface area contributed by atoms with Crippen molar-refractivity contribution in [3.63, 3.8) is 0 Å². The molecule has 0 saturated heterocycles. The quantitative estimate of drug-likeness (QED) is 0.561. The average molecular weight is 313 g/mol. The van der Waals surface area contributed by atoms with E-state index in [0.29, 0.717) is 17.0 Å². The van der Waals surface area contributed by atoms with E-state index < -0.39 is 10.0 Å². The number of nitrogen functional groups attached to an aromatic ring is 1. The van der Waals surface area contributed by atoms with Crippen molar-refractivity contribution in [3.05, 3.63) is 29.1 Å². The van der Waals surface area contributed by atoms with Gasteiger partial charge in [-0.25, -0.2) is 13.6 Å². The zero-order valence-corrected chi connectivity index (χ0v) is 12.3. The van der Waals surface area contributed by atoms with Gasteiger partial charge in [0.2, 0.25) is 10.0 Å². The Hall–Kier alpha value is -1.64. The van der Waals surface area contributed by atoms with Crippen molar-refractivity contribution in [2.75, 3.05) is 18.0 Å². The third kappa shape index (κ3) is 3.92. The lowest BCUT2D eigenvalue weighted by Crippen LogP contribution is -2.26. The van der Waals surface area contributed by atoms with E-state index in [4.69, 9.17) is 10.9 Å². The van der Waals surface area contributed by atoms with Crippen LogP contribution < -0.4 is 16.2 Å². The Bertz CT molecular complexity index is 737. The Balaban J connectivity index is 1.97. The van der Waals surface area contributed by atoms with Gasteiger partial charge in [-0.2, -0.15) is 0 Å². The van der Waals surface area contributed by atoms with Crippen molar-refractivity contribution in [2.24, 2.45) is 5.14 Å². The van der Waals surface area contributed by atoms with E-state index >= 15 is 0 Å². The van der Waals surface area contributed by atoms with Crippen LogP contribution in [-0.4, -0.2) is 26.6 Å². The zero-order valence-electron chi connectivity index (χ0n) is 10.6. The van der Waals surface area contributed by atoms with Gasteiger partial charge in [0.15, 0.2) is 0 Å². The predicted octanol–water partition coefficient (Wildman–Crippen LogP) is 0.892. The number of sulfonamides is 1. The number of amides is 1. The second-order valence-corrected chi connectivity index (χ2v) is 7.20. The molecule has 6 nitrogen and oxygen atoms in total. The lowest BCUT2D eigenvalue weighted by Gasteiger charge is -2.02. The molecule has 1 aromatic heterocycles. The molecule has 0 unspecified atom stereocenters. The monoisotopic (exact) mass is 313 g/mol. The van der Waals surface area contributed by atoms with E-state index in [2.05, 4.69) is 5.32 Å². The SMILES string of the molecule is Nc1ccc2sc(C(=O)NCCCS(N)(=O)=O)cc2c1. The van der Waals surface area contributed by atoms with Gasteiger partial charge in [0.25, 0.3) is 5.91 Å². The molecule has 1 amide bonds. The van der Waals surface area contributed by atoms with Crippen molar-refractivity contribution in [2.45, 2.75) is 6.42 Å². The number of benzene rings is 1. The number of nitrogens with two attached hydrogens (primary N) is 2. The highest BCUT2D eigenvalue weighted by Crippen LogP contribution is 2.27. The van der Waals surface area contributed by atoms with Crippen LogP contribution in [0.1, 0.15) is 16.1 Å². The van der Waals surface area contributed by atoms with Crippen molar-refractivity contribution in [3.8, 4) is 0 Å². The number of rotatable bonds is 5. The fourth-order valence-electron chi connectivity index (χ4n) is 1.74. The number of primary sulfonamides is 1. The molecular weight excluding hydrogens is 298 g/mol. The van der Waals surface area contributed by atoms with Crippen molar-refractivity contribution < 1.29 is 13.2 Å². The summed E-state index contributed by atoms with van der Waals surface area (Å²) in [5, 5.41) is 8.47. The van der Waals surface area contributed by atoms with E-state index in [1.54, 1.807) is 12.1 Å². The highest BCUT2D eigenvalue weighted by molar-refractivity contribution is 7.89. The van der Waals surface area contributed by atoms with Crippen LogP contribution in [-0.2, 0) is 10.0 Å². The van der Waals surface area contributed by atoms with Crippen LogP contribution in [0.3, 0.4) is 0 Å². The maximum atomic E-state index is 11.9. The van der Waals surface area contributed by atoms with Crippen LogP contribution in [0.5, 0.6) is 0 Å². The number of nitrogens with one attached hydrogen (secondary N) is 1. The minimum Gasteiger partial charge on any atom is -0.399 e. The summed E-state index contributed by atoms with van der Waals surface area (Å²) in [5.41, 5.74) is 6.33. The fraction of sp³-hybridized carbons (Fsp3) is 0.250. The zero-order chi connectivity index (χ0) is 14.8. The lowest BCUT2D eigenvalue weighted by molar-refractivity contribution is 0.0958. The predicted molar refractivity (Wildman–Crippen MR) is 81.2 cm³/mol. The molecule has 0 radical (unpaired) electrons. The summed E-state index contributed by atoms with van der Waals surface area (Å²) in [6.07, 6.45) is 0.294. The molecule has 8 heteroatoms. The van der Waals surface area contributed by atoms with Gasteiger partial charge in [-0.15, -0.1) is 11.3 Å². The normalized spacial score (nSPS) is 11.7. The Morgan fingerprint density at radius 1 is 1.30 bits per heavy atom. The fourth-order valence-corrected chi connectivity index (χ4v) is 3.24. The highest BCUT2D eigenvalue weighted by Gasteiger charge is 2.10. The molecular formula is C12H15N3O3S2. The number of carbonyl (C=O) groups is 1. The third-order valence-electron chi connectivity index (χ3n) is 2.66. The second-order valence-electron chi connectivity index (χ2n) is 4.38. The molecule has 5 N–H and O–H groups in total. The molecule has 0 fully saturated rings. The first-order valence-electron chi connectivity index (χ1n) is 5.93. The van der Waals surface area contributed by atoms with Gasteiger partial charge in [-0.1, -0.05) is 0 Å². The van der Waals surface area contributed by atoms with Gasteiger partial charge in [-0.05, 0) is 36.1 Å². The smallest absolute Gasteiger partial charge is 0.261 e. The third-order valence-corrected chi connectivity index (χ3v) is 4.63. The number of fused-ring (bicyclic) bond motifs is 1. The van der Waals surface area contributed by atoms with E-state index in [1.165, 1.54) is 11.3 Å². The van der Waals surface area contributed by atoms with E-state index in [-0.39, 0.29) is 18.2 Å². The van der Waals surface area contributed by atoms with Crippen molar-refractivity contribution in [1.29, 1.82) is 0 Å². The summed E-state index contributed by atoms with van der Waals surface area (Å²) in [6, 6.07) is 7.23. The van der Waals surface area contributed by atoms with Crippen LogP contribution in [0.15, 0.2) is 24.3 Å². The van der Waals surface area contributed by atoms with Gasteiger partial charge < -0.3 is 11.1 Å². The van der Waals surface area contributed by atoms with Gasteiger partial charge >= 0.3 is 0 Å². The molecule has 2 aromatic rings. The molecule has 1 heterocycles. The molecule has 0 saturated carbocycles. The molecule has 108 valence electrons. The van der Waals surface area contributed by atoms with E-state index in [9.17, 15) is 13.2 Å². The molecule has 1 aromatic carbocycles. The summed E-state index contributed by atoms with van der Waals surface area (Å²) in [5.74, 6) is -0.366. The van der Waals surface area contributed by atoms with Crippen molar-refractivity contribution >= 4 is 43.0 Å². The molecule has 0 bridgehead atoms. The van der Waals surface area contributed by atoms with Crippen LogP contribution in [0.2, 0.25) is 0 Å². The summed E-state index contributed by atoms with van der Waals surface area (Å²) in [7, 11) is -3.47.